The summed E-state index contributed by atoms with van der Waals surface area (Å²) in [6, 6.07) is 3.98. The molecule has 0 unspecified atom stereocenters. The zero-order valence-electron chi connectivity index (χ0n) is 10.8. The van der Waals surface area contributed by atoms with Gasteiger partial charge in [0.1, 0.15) is 11.4 Å². The van der Waals surface area contributed by atoms with Gasteiger partial charge in [-0.2, -0.15) is 0 Å². The Kier molecular flexibility index (Phi) is 2.77. The predicted octanol–water partition coefficient (Wildman–Crippen LogP) is 2.84. The van der Waals surface area contributed by atoms with Gasteiger partial charge in [-0.05, 0) is 31.5 Å². The zero-order valence-corrected chi connectivity index (χ0v) is 10.8. The summed E-state index contributed by atoms with van der Waals surface area (Å²) in [7, 11) is 0. The van der Waals surface area contributed by atoms with Gasteiger partial charge in [0, 0.05) is 29.9 Å². The third-order valence-corrected chi connectivity index (χ3v) is 3.26. The highest BCUT2D eigenvalue weighted by atomic mass is 16.1. The minimum absolute atomic E-state index is 0.0426. The van der Waals surface area contributed by atoms with Gasteiger partial charge in [-0.25, -0.2) is 4.98 Å². The summed E-state index contributed by atoms with van der Waals surface area (Å²) >= 11 is 0. The van der Waals surface area contributed by atoms with Crippen LogP contribution in [0.2, 0.25) is 0 Å². The van der Waals surface area contributed by atoms with Crippen LogP contribution in [0.4, 0.5) is 0 Å². The summed E-state index contributed by atoms with van der Waals surface area (Å²) in [6.45, 7) is 7.84. The van der Waals surface area contributed by atoms with E-state index in [4.69, 9.17) is 0 Å². The molecule has 0 saturated heterocycles. The van der Waals surface area contributed by atoms with E-state index in [2.05, 4.69) is 4.98 Å². The molecule has 90 valence electrons. The molecular formula is C14H18N2O. The van der Waals surface area contributed by atoms with E-state index in [9.17, 15) is 4.79 Å². The number of hydrogen-bond donors (Lipinski definition) is 0. The van der Waals surface area contributed by atoms with E-state index in [-0.39, 0.29) is 11.7 Å². The lowest BCUT2D eigenvalue weighted by molar-refractivity contribution is -0.126. The number of pyridine rings is 1. The average Bonchev–Trinajstić information content (AvgIpc) is 2.74. The highest BCUT2D eigenvalue weighted by Crippen LogP contribution is 2.27. The highest BCUT2D eigenvalue weighted by Gasteiger charge is 2.31. The van der Waals surface area contributed by atoms with Crippen molar-refractivity contribution in [1.29, 1.82) is 0 Å². The Bertz CT molecular complexity index is 552. The molecule has 2 rings (SSSR count). The van der Waals surface area contributed by atoms with E-state index in [0.717, 1.165) is 11.2 Å². The number of Topliss-reactive ketones (excluding diaryl/α,β-unsaturated/α-hetero) is 1. The van der Waals surface area contributed by atoms with Gasteiger partial charge in [0.25, 0.3) is 0 Å². The molecule has 0 radical (unpaired) electrons. The molecule has 0 N–H and O–H groups in total. The Morgan fingerprint density at radius 2 is 2.06 bits per heavy atom. The predicted molar refractivity (Wildman–Crippen MR) is 68.1 cm³/mol. The van der Waals surface area contributed by atoms with Crippen LogP contribution in [0.5, 0.6) is 0 Å². The molecule has 2 heterocycles. The molecule has 0 saturated carbocycles. The molecule has 3 heteroatoms. The van der Waals surface area contributed by atoms with Crippen molar-refractivity contribution in [2.75, 3.05) is 0 Å². The SMILES string of the molecule is CC(C)C(=O)C(C)(C)c1ccn2ccnc2c1. The topological polar surface area (TPSA) is 34.4 Å². The zero-order chi connectivity index (χ0) is 12.6. The molecule has 0 amide bonds. The summed E-state index contributed by atoms with van der Waals surface area (Å²) in [5.74, 6) is 0.300. The number of ketones is 1. The third kappa shape index (κ3) is 1.97. The number of aromatic nitrogens is 2. The standard InChI is InChI=1S/C14H18N2O/c1-10(2)13(17)14(3,4)11-5-7-16-8-6-15-12(16)9-11/h5-10H,1-4H3. The first kappa shape index (κ1) is 11.8. The Balaban J connectivity index is 2.47. The van der Waals surface area contributed by atoms with Crippen molar-refractivity contribution in [3.05, 3.63) is 36.3 Å². The monoisotopic (exact) mass is 230 g/mol. The number of imidazole rings is 1. The maximum Gasteiger partial charge on any atom is 0.145 e. The maximum absolute atomic E-state index is 12.2. The summed E-state index contributed by atoms with van der Waals surface area (Å²) in [6.07, 6.45) is 5.61. The molecule has 0 fully saturated rings. The van der Waals surface area contributed by atoms with E-state index >= 15 is 0 Å². The molecule has 0 bridgehead atoms. The average molecular weight is 230 g/mol. The number of carbonyl (C=O) groups is 1. The van der Waals surface area contributed by atoms with Gasteiger partial charge >= 0.3 is 0 Å². The molecule has 0 aliphatic carbocycles. The maximum atomic E-state index is 12.2. The van der Waals surface area contributed by atoms with Crippen LogP contribution in [0, 0.1) is 5.92 Å². The van der Waals surface area contributed by atoms with E-state index in [1.165, 1.54) is 0 Å². The number of rotatable bonds is 3. The Labute approximate surface area is 101 Å². The second kappa shape index (κ2) is 3.99. The number of hydrogen-bond acceptors (Lipinski definition) is 2. The summed E-state index contributed by atoms with van der Waals surface area (Å²) in [5.41, 5.74) is 1.45. The van der Waals surface area contributed by atoms with Crippen molar-refractivity contribution in [3.8, 4) is 0 Å². The molecule has 2 aromatic rings. The second-order valence-electron chi connectivity index (χ2n) is 5.25. The molecule has 0 spiro atoms. The van der Waals surface area contributed by atoms with E-state index in [1.54, 1.807) is 6.20 Å². The first-order valence-corrected chi connectivity index (χ1v) is 5.90. The lowest BCUT2D eigenvalue weighted by atomic mass is 9.77. The third-order valence-electron chi connectivity index (χ3n) is 3.26. The fourth-order valence-corrected chi connectivity index (χ4v) is 2.16. The van der Waals surface area contributed by atoms with Crippen LogP contribution in [0.1, 0.15) is 33.3 Å². The van der Waals surface area contributed by atoms with Crippen LogP contribution in [-0.4, -0.2) is 15.2 Å². The lowest BCUT2D eigenvalue weighted by Gasteiger charge is -2.25. The van der Waals surface area contributed by atoms with Gasteiger partial charge in [0.2, 0.25) is 0 Å². The van der Waals surface area contributed by atoms with Gasteiger partial charge < -0.3 is 4.40 Å². The van der Waals surface area contributed by atoms with Crippen molar-refractivity contribution < 1.29 is 4.79 Å². The van der Waals surface area contributed by atoms with Crippen molar-refractivity contribution in [3.63, 3.8) is 0 Å². The molecule has 17 heavy (non-hydrogen) atoms. The molecule has 0 aromatic carbocycles. The van der Waals surface area contributed by atoms with Crippen molar-refractivity contribution >= 4 is 11.4 Å². The van der Waals surface area contributed by atoms with Crippen LogP contribution < -0.4 is 0 Å². The largest absolute Gasteiger partial charge is 0.307 e. The van der Waals surface area contributed by atoms with Gasteiger partial charge in [-0.3, -0.25) is 4.79 Å². The normalized spacial score (nSPS) is 12.3. The summed E-state index contributed by atoms with van der Waals surface area (Å²) in [4.78, 5) is 16.5. The van der Waals surface area contributed by atoms with Gasteiger partial charge in [-0.1, -0.05) is 13.8 Å². The van der Waals surface area contributed by atoms with Crippen molar-refractivity contribution in [1.82, 2.24) is 9.38 Å². The van der Waals surface area contributed by atoms with Gasteiger partial charge in [-0.15, -0.1) is 0 Å². The Morgan fingerprint density at radius 3 is 2.71 bits per heavy atom. The number of carbonyl (C=O) groups excluding carboxylic acids is 1. The fraction of sp³-hybridized carbons (Fsp3) is 0.429. The van der Waals surface area contributed by atoms with Crippen molar-refractivity contribution in [2.24, 2.45) is 5.92 Å². The summed E-state index contributed by atoms with van der Waals surface area (Å²) in [5, 5.41) is 0. The summed E-state index contributed by atoms with van der Waals surface area (Å²) < 4.78 is 1.94. The minimum atomic E-state index is -0.456. The van der Waals surface area contributed by atoms with E-state index in [0.29, 0.717) is 0 Å². The van der Waals surface area contributed by atoms with Crippen LogP contribution >= 0.6 is 0 Å². The van der Waals surface area contributed by atoms with Crippen LogP contribution in [0.25, 0.3) is 5.65 Å². The molecule has 0 atom stereocenters. The quantitative estimate of drug-likeness (QED) is 0.812. The van der Waals surface area contributed by atoms with Crippen LogP contribution in [0.15, 0.2) is 30.7 Å². The Hall–Kier alpha value is -1.64. The second-order valence-corrected chi connectivity index (χ2v) is 5.25. The van der Waals surface area contributed by atoms with Gasteiger partial charge in [0.05, 0.1) is 0 Å². The molecule has 0 aliphatic rings. The number of fused-ring (bicyclic) bond motifs is 1. The van der Waals surface area contributed by atoms with Crippen molar-refractivity contribution in [2.45, 2.75) is 33.1 Å². The van der Waals surface area contributed by atoms with E-state index < -0.39 is 5.41 Å². The molecular weight excluding hydrogens is 212 g/mol. The lowest BCUT2D eigenvalue weighted by Crippen LogP contribution is -2.32. The first-order valence-electron chi connectivity index (χ1n) is 5.90. The fourth-order valence-electron chi connectivity index (χ4n) is 2.16. The highest BCUT2D eigenvalue weighted by molar-refractivity contribution is 5.90. The van der Waals surface area contributed by atoms with E-state index in [1.807, 2.05) is 56.6 Å². The van der Waals surface area contributed by atoms with Crippen LogP contribution in [-0.2, 0) is 10.2 Å². The first-order chi connectivity index (χ1) is 7.93. The van der Waals surface area contributed by atoms with Crippen LogP contribution in [0.3, 0.4) is 0 Å². The minimum Gasteiger partial charge on any atom is -0.307 e. The molecule has 2 aromatic heterocycles. The van der Waals surface area contributed by atoms with Gasteiger partial charge in [0.15, 0.2) is 0 Å². The smallest absolute Gasteiger partial charge is 0.145 e. The number of nitrogens with zero attached hydrogens (tertiary/aromatic N) is 2. The molecule has 3 nitrogen and oxygen atoms in total. The molecule has 0 aliphatic heterocycles. The Morgan fingerprint density at radius 1 is 1.35 bits per heavy atom.